The molecule has 0 atom stereocenters. The molecule has 1 amide bonds. The number of hydrogen-bond donors (Lipinski definition) is 0. The molecule has 0 aliphatic rings. The van der Waals surface area contributed by atoms with Crippen molar-refractivity contribution < 1.29 is 14.3 Å². The van der Waals surface area contributed by atoms with Crippen LogP contribution in [0.2, 0.25) is 0 Å². The van der Waals surface area contributed by atoms with Gasteiger partial charge in [0.25, 0.3) is 12.4 Å². The van der Waals surface area contributed by atoms with Gasteiger partial charge in [0.05, 0.1) is 0 Å². The van der Waals surface area contributed by atoms with Crippen LogP contribution in [0.1, 0.15) is 42.6 Å². The smallest absolute Gasteiger partial charge is 0.298 e. The molecule has 106 valence electrons. The van der Waals surface area contributed by atoms with Crippen molar-refractivity contribution in [3.63, 3.8) is 0 Å². The van der Waals surface area contributed by atoms with Crippen LogP contribution in [0.15, 0.2) is 18.2 Å². The Hall–Kier alpha value is -2.28. The van der Waals surface area contributed by atoms with E-state index in [2.05, 4.69) is 5.92 Å². The van der Waals surface area contributed by atoms with E-state index < -0.39 is 0 Å². The van der Waals surface area contributed by atoms with Gasteiger partial charge in [0.1, 0.15) is 5.75 Å². The third-order valence-electron chi connectivity index (χ3n) is 2.78. The first-order valence-electron chi connectivity index (χ1n) is 6.67. The van der Waals surface area contributed by atoms with E-state index in [1.807, 2.05) is 13.8 Å². The Balaban J connectivity index is 3.09. The minimum Gasteiger partial charge on any atom is -0.429 e. The fourth-order valence-corrected chi connectivity index (χ4v) is 1.97. The van der Waals surface area contributed by atoms with E-state index in [0.29, 0.717) is 30.7 Å². The minimum absolute atomic E-state index is 0.0958. The highest BCUT2D eigenvalue weighted by molar-refractivity contribution is 5.95. The van der Waals surface area contributed by atoms with Crippen molar-refractivity contribution in [2.24, 2.45) is 0 Å². The van der Waals surface area contributed by atoms with Gasteiger partial charge in [0, 0.05) is 24.2 Å². The zero-order valence-corrected chi connectivity index (χ0v) is 11.9. The first kappa shape index (κ1) is 15.8. The summed E-state index contributed by atoms with van der Waals surface area (Å²) in [6.07, 6.45) is 7.13. The molecule has 0 radical (unpaired) electrons. The zero-order valence-electron chi connectivity index (χ0n) is 11.9. The van der Waals surface area contributed by atoms with Crippen molar-refractivity contribution in [2.45, 2.75) is 26.7 Å². The fourth-order valence-electron chi connectivity index (χ4n) is 1.97. The molecule has 0 heterocycles. The van der Waals surface area contributed by atoms with Gasteiger partial charge < -0.3 is 9.64 Å². The highest BCUT2D eigenvalue weighted by Gasteiger charge is 2.16. The second-order valence-electron chi connectivity index (χ2n) is 4.40. The first-order valence-corrected chi connectivity index (χ1v) is 6.67. The Morgan fingerprint density at radius 3 is 2.45 bits per heavy atom. The lowest BCUT2D eigenvalue weighted by Crippen LogP contribution is -2.32. The van der Waals surface area contributed by atoms with Crippen molar-refractivity contribution in [1.82, 2.24) is 4.90 Å². The van der Waals surface area contributed by atoms with Crippen molar-refractivity contribution in [3.8, 4) is 18.1 Å². The summed E-state index contributed by atoms with van der Waals surface area (Å²) in [6.45, 7) is 5.75. The van der Waals surface area contributed by atoms with Crippen molar-refractivity contribution >= 4 is 12.4 Å². The van der Waals surface area contributed by atoms with Gasteiger partial charge in [-0.1, -0.05) is 19.8 Å². The largest absolute Gasteiger partial charge is 0.429 e. The van der Waals surface area contributed by atoms with Crippen LogP contribution in [0.5, 0.6) is 5.75 Å². The number of rotatable bonds is 7. The Kier molecular flexibility index (Phi) is 6.31. The number of amides is 1. The van der Waals surface area contributed by atoms with Crippen LogP contribution in [0.25, 0.3) is 0 Å². The third-order valence-corrected chi connectivity index (χ3v) is 2.78. The van der Waals surface area contributed by atoms with E-state index in [9.17, 15) is 9.59 Å². The van der Waals surface area contributed by atoms with Gasteiger partial charge >= 0.3 is 0 Å². The molecule has 0 saturated carbocycles. The molecule has 1 rings (SSSR count). The summed E-state index contributed by atoms with van der Waals surface area (Å²) in [5.74, 6) is 2.65. The third kappa shape index (κ3) is 4.13. The number of carbonyl (C=O) groups excluding carboxylic acids is 2. The fraction of sp³-hybridized carbons (Fsp3) is 0.375. The van der Waals surface area contributed by atoms with Crippen LogP contribution < -0.4 is 4.74 Å². The average molecular weight is 273 g/mol. The summed E-state index contributed by atoms with van der Waals surface area (Å²) < 4.78 is 4.79. The topological polar surface area (TPSA) is 46.6 Å². The molecule has 20 heavy (non-hydrogen) atoms. The highest BCUT2D eigenvalue weighted by Crippen LogP contribution is 2.18. The average Bonchev–Trinajstić information content (AvgIpc) is 2.46. The van der Waals surface area contributed by atoms with E-state index in [1.165, 1.54) is 6.07 Å². The molecule has 0 unspecified atom stereocenters. The number of ether oxygens (including phenoxy) is 1. The molecule has 0 bridgehead atoms. The minimum atomic E-state index is -0.0958. The van der Waals surface area contributed by atoms with Crippen LogP contribution in [0.4, 0.5) is 0 Å². The Labute approximate surface area is 119 Å². The van der Waals surface area contributed by atoms with Crippen LogP contribution in [0.3, 0.4) is 0 Å². The monoisotopic (exact) mass is 273 g/mol. The normalized spacial score (nSPS) is 9.65. The van der Waals surface area contributed by atoms with Gasteiger partial charge in [0.2, 0.25) is 0 Å². The Morgan fingerprint density at radius 1 is 1.30 bits per heavy atom. The van der Waals surface area contributed by atoms with Gasteiger partial charge in [-0.05, 0) is 31.0 Å². The lowest BCUT2D eigenvalue weighted by atomic mass is 10.1. The maximum Gasteiger partial charge on any atom is 0.298 e. The summed E-state index contributed by atoms with van der Waals surface area (Å²) >= 11 is 0. The van der Waals surface area contributed by atoms with Crippen molar-refractivity contribution in [1.29, 1.82) is 0 Å². The summed E-state index contributed by atoms with van der Waals surface area (Å²) in [5, 5.41) is 0. The highest BCUT2D eigenvalue weighted by atomic mass is 16.5. The molecule has 1 aromatic carbocycles. The molecule has 0 fully saturated rings. The standard InChI is InChI=1S/C16H19NO3/c1-4-7-17(8-5-2)16(19)14-9-13(6-3)10-15(11-14)20-12-18/h3,9-12H,4-5,7-8H2,1-2H3. The molecule has 4 heteroatoms. The number of benzene rings is 1. The van der Waals surface area contributed by atoms with E-state index in [1.54, 1.807) is 17.0 Å². The Morgan fingerprint density at radius 2 is 1.95 bits per heavy atom. The number of carbonyl (C=O) groups is 2. The second kappa shape index (κ2) is 8.00. The van der Waals surface area contributed by atoms with E-state index >= 15 is 0 Å². The predicted molar refractivity (Wildman–Crippen MR) is 77.6 cm³/mol. The molecule has 1 aromatic rings. The second-order valence-corrected chi connectivity index (χ2v) is 4.40. The molecule has 0 aliphatic heterocycles. The summed E-state index contributed by atoms with van der Waals surface area (Å²) in [4.78, 5) is 24.7. The molecule has 0 aliphatic carbocycles. The molecule has 0 N–H and O–H groups in total. The molecule has 0 saturated heterocycles. The molecular formula is C16H19NO3. The SMILES string of the molecule is C#Cc1cc(OC=O)cc(C(=O)N(CCC)CCC)c1. The molecule has 0 spiro atoms. The number of hydrogen-bond acceptors (Lipinski definition) is 3. The van der Waals surface area contributed by atoms with Gasteiger partial charge in [-0.25, -0.2) is 0 Å². The van der Waals surface area contributed by atoms with Crippen LogP contribution >= 0.6 is 0 Å². The van der Waals surface area contributed by atoms with Gasteiger partial charge in [-0.3, -0.25) is 9.59 Å². The maximum absolute atomic E-state index is 12.5. The Bertz CT molecular complexity index is 511. The molecule has 4 nitrogen and oxygen atoms in total. The predicted octanol–water partition coefficient (Wildman–Crippen LogP) is 2.47. The molecular weight excluding hydrogens is 254 g/mol. The first-order chi connectivity index (χ1) is 9.65. The van der Waals surface area contributed by atoms with Gasteiger partial charge in [-0.2, -0.15) is 0 Å². The van der Waals surface area contributed by atoms with E-state index in [4.69, 9.17) is 11.2 Å². The quantitative estimate of drug-likeness (QED) is 0.566. The van der Waals surface area contributed by atoms with E-state index in [-0.39, 0.29) is 11.7 Å². The lowest BCUT2D eigenvalue weighted by molar-refractivity contribution is -0.120. The van der Waals surface area contributed by atoms with Crippen LogP contribution in [0, 0.1) is 12.3 Å². The lowest BCUT2D eigenvalue weighted by Gasteiger charge is -2.21. The number of terminal acetylenes is 1. The summed E-state index contributed by atoms with van der Waals surface area (Å²) in [5.41, 5.74) is 0.958. The van der Waals surface area contributed by atoms with Gasteiger partial charge in [0.15, 0.2) is 0 Å². The van der Waals surface area contributed by atoms with E-state index in [0.717, 1.165) is 12.8 Å². The zero-order chi connectivity index (χ0) is 15.0. The van der Waals surface area contributed by atoms with Crippen molar-refractivity contribution in [3.05, 3.63) is 29.3 Å². The number of nitrogens with zero attached hydrogens (tertiary/aromatic N) is 1. The molecule has 0 aromatic heterocycles. The van der Waals surface area contributed by atoms with Crippen molar-refractivity contribution in [2.75, 3.05) is 13.1 Å². The van der Waals surface area contributed by atoms with Crippen LogP contribution in [-0.4, -0.2) is 30.4 Å². The maximum atomic E-state index is 12.5. The summed E-state index contributed by atoms with van der Waals surface area (Å²) in [6, 6.07) is 4.73. The summed E-state index contributed by atoms with van der Waals surface area (Å²) in [7, 11) is 0. The van der Waals surface area contributed by atoms with Crippen LogP contribution in [-0.2, 0) is 4.79 Å². The van der Waals surface area contributed by atoms with Gasteiger partial charge in [-0.15, -0.1) is 6.42 Å².